The van der Waals surface area contributed by atoms with Crippen molar-refractivity contribution in [3.05, 3.63) is 119 Å². The van der Waals surface area contributed by atoms with Gasteiger partial charge in [0.2, 0.25) is 0 Å². The summed E-state index contributed by atoms with van der Waals surface area (Å²) in [7, 11) is 1.49. The maximum absolute atomic E-state index is 13.8. The van der Waals surface area contributed by atoms with E-state index >= 15 is 0 Å². The Kier molecular flexibility index (Phi) is 9.04. The fraction of sp³-hybridized carbons (Fsp3) is 0.152. The molecule has 5 rings (SSSR count). The molecule has 0 radical (unpaired) electrons. The molecule has 1 amide bonds. The number of carbonyl (C=O) groups excluding carboxylic acids is 1. The van der Waals surface area contributed by atoms with Crippen LogP contribution in [-0.2, 0) is 16.7 Å². The van der Waals surface area contributed by atoms with Crippen molar-refractivity contribution in [3.63, 3.8) is 0 Å². The normalized spacial score (nSPS) is 14.8. The Bertz CT molecular complexity index is 1790. The molecule has 3 aromatic carbocycles. The van der Waals surface area contributed by atoms with E-state index in [4.69, 9.17) is 17.0 Å². The number of halogens is 3. The van der Waals surface area contributed by atoms with Crippen molar-refractivity contribution in [2.75, 3.05) is 7.11 Å². The summed E-state index contributed by atoms with van der Waals surface area (Å²) in [6.07, 6.45) is -3.04. The Morgan fingerprint density at radius 2 is 1.77 bits per heavy atom. The van der Waals surface area contributed by atoms with E-state index < -0.39 is 11.9 Å². The number of methoxy groups -OCH3 is 1. The van der Waals surface area contributed by atoms with Gasteiger partial charge in [0.25, 0.3) is 5.91 Å². The molecule has 0 spiro atoms. The van der Waals surface area contributed by atoms with Gasteiger partial charge in [-0.1, -0.05) is 66.7 Å². The van der Waals surface area contributed by atoms with Crippen LogP contribution < -0.4 is 10.1 Å². The molecule has 6 nitrogen and oxygen atoms in total. The van der Waals surface area contributed by atoms with Crippen LogP contribution in [0.3, 0.4) is 0 Å². The Hall–Kier alpha value is -4.66. The average molecular weight is 631 g/mol. The van der Waals surface area contributed by atoms with Crippen molar-refractivity contribution >= 4 is 41.1 Å². The van der Waals surface area contributed by atoms with Crippen molar-refractivity contribution in [2.24, 2.45) is 0 Å². The van der Waals surface area contributed by atoms with E-state index in [1.54, 1.807) is 54.6 Å². The van der Waals surface area contributed by atoms with Gasteiger partial charge in [0.15, 0.2) is 5.11 Å². The number of amides is 1. The van der Waals surface area contributed by atoms with Crippen LogP contribution in [0.25, 0.3) is 17.2 Å². The van der Waals surface area contributed by atoms with Gasteiger partial charge in [0.05, 0.1) is 18.7 Å². The van der Waals surface area contributed by atoms with Gasteiger partial charge in [-0.05, 0) is 60.1 Å². The molecule has 1 unspecified atom stereocenters. The lowest BCUT2D eigenvalue weighted by atomic mass is 10.0. The molecule has 1 fully saturated rings. The van der Waals surface area contributed by atoms with E-state index in [-0.39, 0.29) is 39.0 Å². The monoisotopic (exact) mass is 630 g/mol. The lowest BCUT2D eigenvalue weighted by Crippen LogP contribution is -2.33. The summed E-state index contributed by atoms with van der Waals surface area (Å²) in [4.78, 5) is 18.7. The number of nitriles is 1. The molecule has 222 valence electrons. The van der Waals surface area contributed by atoms with E-state index in [9.17, 15) is 23.2 Å². The molecule has 44 heavy (non-hydrogen) atoms. The van der Waals surface area contributed by atoms with Crippen LogP contribution in [0.4, 0.5) is 13.2 Å². The number of thiocarbonyl (C=S) groups is 1. The average Bonchev–Trinajstić information content (AvgIpc) is 3.31. The summed E-state index contributed by atoms with van der Waals surface area (Å²) >= 11 is 6.47. The number of hydrogen-bond acceptors (Lipinski definition) is 6. The van der Waals surface area contributed by atoms with Gasteiger partial charge >= 0.3 is 6.18 Å². The van der Waals surface area contributed by atoms with Crippen LogP contribution in [0, 0.1) is 11.3 Å². The highest BCUT2D eigenvalue weighted by Crippen LogP contribution is 2.38. The fourth-order valence-electron chi connectivity index (χ4n) is 4.82. The first-order chi connectivity index (χ1) is 21.1. The van der Waals surface area contributed by atoms with E-state index in [2.05, 4.69) is 10.3 Å². The minimum Gasteiger partial charge on any atom is -0.496 e. The molecule has 1 atom stereocenters. The van der Waals surface area contributed by atoms with Gasteiger partial charge in [0, 0.05) is 16.9 Å². The van der Waals surface area contributed by atoms with Crippen LogP contribution in [0.5, 0.6) is 5.75 Å². The summed E-state index contributed by atoms with van der Waals surface area (Å²) in [5.74, 6) is 0.362. The summed E-state index contributed by atoms with van der Waals surface area (Å²) in [5, 5.41) is 13.2. The Morgan fingerprint density at radius 3 is 2.41 bits per heavy atom. The number of nitrogens with one attached hydrogen (secondary N) is 1. The summed E-state index contributed by atoms with van der Waals surface area (Å²) in [6, 6.07) is 25.9. The third-order valence-electron chi connectivity index (χ3n) is 7.03. The number of thioether (sulfide) groups is 1. The Morgan fingerprint density at radius 1 is 1.09 bits per heavy atom. The maximum Gasteiger partial charge on any atom is 0.433 e. The van der Waals surface area contributed by atoms with E-state index in [1.165, 1.54) is 12.0 Å². The quantitative estimate of drug-likeness (QED) is 0.121. The molecule has 11 heteroatoms. The first kappa shape index (κ1) is 30.8. The highest BCUT2D eigenvalue weighted by molar-refractivity contribution is 7.98. The topological polar surface area (TPSA) is 78.2 Å². The second-order valence-corrected chi connectivity index (χ2v) is 11.2. The molecule has 1 aliphatic rings. The van der Waals surface area contributed by atoms with E-state index in [0.717, 1.165) is 23.4 Å². The van der Waals surface area contributed by atoms with Crippen LogP contribution >= 0.6 is 24.0 Å². The van der Waals surface area contributed by atoms with Crippen molar-refractivity contribution < 1.29 is 22.7 Å². The highest BCUT2D eigenvalue weighted by Gasteiger charge is 2.36. The fourth-order valence-corrected chi connectivity index (χ4v) is 6.15. The largest absolute Gasteiger partial charge is 0.496 e. The zero-order valence-corrected chi connectivity index (χ0v) is 25.2. The van der Waals surface area contributed by atoms with Crippen molar-refractivity contribution in [1.82, 2.24) is 15.2 Å². The molecule has 1 aliphatic heterocycles. The summed E-state index contributed by atoms with van der Waals surface area (Å²) < 4.78 is 47.0. The van der Waals surface area contributed by atoms with E-state index in [0.29, 0.717) is 28.1 Å². The van der Waals surface area contributed by atoms with Crippen LogP contribution in [0.15, 0.2) is 95.7 Å². The highest BCUT2D eigenvalue weighted by atomic mass is 32.2. The second kappa shape index (κ2) is 12.9. The van der Waals surface area contributed by atoms with Crippen molar-refractivity contribution in [2.45, 2.75) is 29.9 Å². The number of ether oxygens (including phenoxy) is 1. The number of aromatic nitrogens is 1. The molecule has 0 aliphatic carbocycles. The second-order valence-electron chi connectivity index (χ2n) is 9.82. The molecular formula is C33H25F3N4O2S2. The summed E-state index contributed by atoms with van der Waals surface area (Å²) in [6.45, 7) is 1.90. The first-order valence-corrected chi connectivity index (χ1v) is 14.8. The minimum absolute atomic E-state index is 0.0458. The Labute approximate surface area is 262 Å². The van der Waals surface area contributed by atoms with Crippen LogP contribution in [-0.4, -0.2) is 28.0 Å². The first-order valence-electron chi connectivity index (χ1n) is 13.4. The van der Waals surface area contributed by atoms with Gasteiger partial charge in [-0.2, -0.15) is 18.4 Å². The molecule has 0 saturated carbocycles. The number of pyridine rings is 1. The molecule has 1 N–H and O–H groups in total. The van der Waals surface area contributed by atoms with Gasteiger partial charge in [-0.15, -0.1) is 11.8 Å². The van der Waals surface area contributed by atoms with Gasteiger partial charge < -0.3 is 10.1 Å². The molecule has 2 heterocycles. The number of rotatable bonds is 8. The predicted octanol–water partition coefficient (Wildman–Crippen LogP) is 7.76. The van der Waals surface area contributed by atoms with Crippen molar-refractivity contribution in [1.29, 1.82) is 5.26 Å². The minimum atomic E-state index is -4.70. The maximum atomic E-state index is 13.8. The number of benzene rings is 3. The van der Waals surface area contributed by atoms with Crippen molar-refractivity contribution in [3.8, 4) is 22.9 Å². The van der Waals surface area contributed by atoms with Gasteiger partial charge in [0.1, 0.15) is 28.2 Å². The molecule has 4 aromatic rings. The van der Waals surface area contributed by atoms with Crippen LogP contribution in [0.2, 0.25) is 0 Å². The Balaban J connectivity index is 1.45. The lowest BCUT2D eigenvalue weighted by molar-refractivity contribution is -0.141. The standard InChI is InChI=1S/C33H25F3N4O2S2/c1-20(22-9-5-3-6-10-22)40-31(41)27(38-32(40)43)16-21-13-14-28(42-2)24(15-21)19-44-30-26(18-37)25(23-11-7-4-8-12-23)17-29(39-30)33(34,35)36/h3-17,20H,19H2,1-2H3,(H,38,43)/b27-16-. The van der Waals surface area contributed by atoms with Gasteiger partial charge in [-0.3, -0.25) is 9.69 Å². The smallest absolute Gasteiger partial charge is 0.433 e. The number of hydrogen-bond donors (Lipinski definition) is 1. The number of carbonyl (C=O) groups is 1. The zero-order valence-electron chi connectivity index (χ0n) is 23.6. The molecular weight excluding hydrogens is 606 g/mol. The summed E-state index contributed by atoms with van der Waals surface area (Å²) in [5.41, 5.74) is 2.11. The van der Waals surface area contributed by atoms with Crippen LogP contribution in [0.1, 0.15) is 40.9 Å². The van der Waals surface area contributed by atoms with E-state index in [1.807, 2.05) is 43.3 Å². The number of nitrogens with zero attached hydrogens (tertiary/aromatic N) is 3. The lowest BCUT2D eigenvalue weighted by Gasteiger charge is -2.23. The molecule has 0 bridgehead atoms. The molecule has 1 aromatic heterocycles. The third-order valence-corrected chi connectivity index (χ3v) is 8.35. The van der Waals surface area contributed by atoms with Gasteiger partial charge in [-0.25, -0.2) is 4.98 Å². The predicted molar refractivity (Wildman–Crippen MR) is 167 cm³/mol. The SMILES string of the molecule is COc1ccc(/C=C2\NC(=S)N(C(C)c3ccccc3)C2=O)cc1CSc1nc(C(F)(F)F)cc(-c2ccccc2)c1C#N. The molecule has 1 saturated heterocycles. The zero-order chi connectivity index (χ0) is 31.4. The third kappa shape index (κ3) is 6.46. The number of alkyl halides is 3.